The van der Waals surface area contributed by atoms with Crippen LogP contribution in [0, 0.1) is 0 Å². The number of nitrogens with zero attached hydrogens (tertiary/aromatic N) is 1. The van der Waals surface area contributed by atoms with Crippen LogP contribution in [0.1, 0.15) is 27.9 Å². The first-order valence-electron chi connectivity index (χ1n) is 6.54. The maximum absolute atomic E-state index is 12.4. The van der Waals surface area contributed by atoms with E-state index in [4.69, 9.17) is 4.74 Å². The highest BCUT2D eigenvalue weighted by atomic mass is 35.5. The van der Waals surface area contributed by atoms with E-state index in [1.165, 1.54) is 11.1 Å². The van der Waals surface area contributed by atoms with Gasteiger partial charge in [-0.2, -0.15) is 0 Å². The van der Waals surface area contributed by atoms with E-state index in [1.807, 2.05) is 17.0 Å². The predicted molar refractivity (Wildman–Crippen MR) is 75.6 cm³/mol. The fourth-order valence-electron chi connectivity index (χ4n) is 2.56. The van der Waals surface area contributed by atoms with Gasteiger partial charge < -0.3 is 15.0 Å². The molecule has 1 aromatic rings. The van der Waals surface area contributed by atoms with Gasteiger partial charge in [0.25, 0.3) is 5.91 Å². The lowest BCUT2D eigenvalue weighted by Gasteiger charge is -2.19. The molecule has 0 bridgehead atoms. The molecule has 0 unspecified atom stereocenters. The zero-order chi connectivity index (χ0) is 12.4. The van der Waals surface area contributed by atoms with Crippen LogP contribution in [0.15, 0.2) is 18.2 Å². The first-order valence-corrected chi connectivity index (χ1v) is 6.54. The third-order valence-corrected chi connectivity index (χ3v) is 3.59. The van der Waals surface area contributed by atoms with Crippen molar-refractivity contribution in [2.24, 2.45) is 0 Å². The minimum Gasteiger partial charge on any atom is -0.380 e. The van der Waals surface area contributed by atoms with Gasteiger partial charge in [0.1, 0.15) is 0 Å². The van der Waals surface area contributed by atoms with Crippen LogP contribution in [-0.4, -0.2) is 37.1 Å². The molecule has 104 valence electrons. The molecule has 3 rings (SSSR count). The van der Waals surface area contributed by atoms with Crippen LogP contribution in [0.3, 0.4) is 0 Å². The van der Waals surface area contributed by atoms with Crippen molar-refractivity contribution in [1.29, 1.82) is 0 Å². The molecule has 1 aromatic carbocycles. The molecule has 1 saturated heterocycles. The highest BCUT2D eigenvalue weighted by Crippen LogP contribution is 2.18. The summed E-state index contributed by atoms with van der Waals surface area (Å²) >= 11 is 0. The molecule has 1 amide bonds. The predicted octanol–water partition coefficient (Wildman–Crippen LogP) is 1.57. The van der Waals surface area contributed by atoms with Crippen LogP contribution >= 0.6 is 12.4 Å². The van der Waals surface area contributed by atoms with Gasteiger partial charge in [-0.25, -0.2) is 0 Å². The van der Waals surface area contributed by atoms with E-state index >= 15 is 0 Å². The number of amides is 1. The number of halogens is 1. The summed E-state index contributed by atoms with van der Waals surface area (Å²) in [5.41, 5.74) is 3.37. The number of nitrogens with one attached hydrogen (secondary N) is 1. The van der Waals surface area contributed by atoms with E-state index in [1.54, 1.807) is 0 Å². The van der Waals surface area contributed by atoms with Crippen molar-refractivity contribution in [2.45, 2.75) is 19.5 Å². The SMILES string of the molecule is Cl.O=C(c1ccc2c(c1)CNC2)N1CCCOCC1. The van der Waals surface area contributed by atoms with Gasteiger partial charge in [0.15, 0.2) is 0 Å². The van der Waals surface area contributed by atoms with E-state index in [-0.39, 0.29) is 18.3 Å². The lowest BCUT2D eigenvalue weighted by molar-refractivity contribution is 0.0741. The van der Waals surface area contributed by atoms with Crippen LogP contribution in [0.25, 0.3) is 0 Å². The Morgan fingerprint density at radius 1 is 1.16 bits per heavy atom. The fraction of sp³-hybridized carbons (Fsp3) is 0.500. The first-order chi connectivity index (χ1) is 8.84. The molecule has 19 heavy (non-hydrogen) atoms. The van der Waals surface area contributed by atoms with Gasteiger partial charge >= 0.3 is 0 Å². The number of carbonyl (C=O) groups excluding carboxylic acids is 1. The van der Waals surface area contributed by atoms with E-state index in [0.29, 0.717) is 13.2 Å². The van der Waals surface area contributed by atoms with E-state index in [9.17, 15) is 4.79 Å². The van der Waals surface area contributed by atoms with Crippen molar-refractivity contribution in [2.75, 3.05) is 26.3 Å². The zero-order valence-electron chi connectivity index (χ0n) is 10.9. The number of fused-ring (bicyclic) bond motifs is 1. The number of hydrogen-bond acceptors (Lipinski definition) is 3. The Labute approximate surface area is 119 Å². The molecular formula is C14H19ClN2O2. The summed E-state index contributed by atoms with van der Waals surface area (Å²) in [6.07, 6.45) is 0.929. The van der Waals surface area contributed by atoms with Crippen molar-refractivity contribution >= 4 is 18.3 Å². The van der Waals surface area contributed by atoms with Crippen LogP contribution < -0.4 is 5.32 Å². The second-order valence-electron chi connectivity index (χ2n) is 4.85. The molecule has 0 radical (unpaired) electrons. The summed E-state index contributed by atoms with van der Waals surface area (Å²) < 4.78 is 5.38. The maximum atomic E-state index is 12.4. The number of ether oxygens (including phenoxy) is 1. The average Bonchev–Trinajstić information content (AvgIpc) is 2.69. The molecule has 5 heteroatoms. The molecule has 0 aromatic heterocycles. The Hall–Kier alpha value is -1.10. The topological polar surface area (TPSA) is 41.6 Å². The van der Waals surface area contributed by atoms with Gasteiger partial charge in [-0.3, -0.25) is 4.79 Å². The monoisotopic (exact) mass is 282 g/mol. The fourth-order valence-corrected chi connectivity index (χ4v) is 2.56. The summed E-state index contributed by atoms with van der Waals surface area (Å²) in [6.45, 7) is 4.71. The molecule has 0 saturated carbocycles. The van der Waals surface area contributed by atoms with Crippen LogP contribution in [0.4, 0.5) is 0 Å². The Kier molecular flexibility index (Phi) is 4.80. The minimum atomic E-state index is 0. The Morgan fingerprint density at radius 2 is 2.00 bits per heavy atom. The third kappa shape index (κ3) is 3.08. The van der Waals surface area contributed by atoms with Crippen molar-refractivity contribution in [3.05, 3.63) is 34.9 Å². The molecule has 1 fully saturated rings. The highest BCUT2D eigenvalue weighted by molar-refractivity contribution is 5.94. The number of carbonyl (C=O) groups is 1. The van der Waals surface area contributed by atoms with Crippen molar-refractivity contribution in [3.8, 4) is 0 Å². The quantitative estimate of drug-likeness (QED) is 0.850. The van der Waals surface area contributed by atoms with Crippen molar-refractivity contribution < 1.29 is 9.53 Å². The smallest absolute Gasteiger partial charge is 0.253 e. The van der Waals surface area contributed by atoms with E-state index < -0.39 is 0 Å². The summed E-state index contributed by atoms with van der Waals surface area (Å²) in [6, 6.07) is 6.04. The van der Waals surface area contributed by atoms with Gasteiger partial charge in [0.05, 0.1) is 6.61 Å². The van der Waals surface area contributed by atoms with Gasteiger partial charge in [-0.1, -0.05) is 6.07 Å². The minimum absolute atomic E-state index is 0. The standard InChI is InChI=1S/C14H18N2O2.ClH/c17-14(16-4-1-6-18-7-5-16)11-2-3-12-9-15-10-13(12)8-11;/h2-3,8,15H,1,4-7,9-10H2;1H. The molecule has 2 aliphatic rings. The molecule has 0 atom stereocenters. The summed E-state index contributed by atoms with van der Waals surface area (Å²) in [4.78, 5) is 14.3. The summed E-state index contributed by atoms with van der Waals surface area (Å²) in [5.74, 6) is 0.134. The molecule has 0 aliphatic carbocycles. The lowest BCUT2D eigenvalue weighted by Crippen LogP contribution is -2.33. The second kappa shape index (κ2) is 6.37. The zero-order valence-corrected chi connectivity index (χ0v) is 11.7. The average molecular weight is 283 g/mol. The van der Waals surface area contributed by atoms with Crippen LogP contribution in [0.5, 0.6) is 0 Å². The lowest BCUT2D eigenvalue weighted by atomic mass is 10.1. The largest absolute Gasteiger partial charge is 0.380 e. The molecule has 4 nitrogen and oxygen atoms in total. The van der Waals surface area contributed by atoms with Crippen LogP contribution in [-0.2, 0) is 17.8 Å². The Morgan fingerprint density at radius 3 is 2.89 bits per heavy atom. The second-order valence-corrected chi connectivity index (χ2v) is 4.85. The van der Waals surface area contributed by atoms with Crippen molar-refractivity contribution in [1.82, 2.24) is 10.2 Å². The normalized spacial score (nSPS) is 18.4. The number of benzene rings is 1. The molecule has 1 N–H and O–H groups in total. The Bertz CT molecular complexity index is 457. The van der Waals surface area contributed by atoms with Crippen LogP contribution in [0.2, 0.25) is 0 Å². The first kappa shape index (κ1) is 14.3. The van der Waals surface area contributed by atoms with Gasteiger partial charge in [0, 0.05) is 38.3 Å². The molecule has 2 heterocycles. The van der Waals surface area contributed by atoms with Gasteiger partial charge in [-0.05, 0) is 29.7 Å². The van der Waals surface area contributed by atoms with Crippen molar-refractivity contribution in [3.63, 3.8) is 0 Å². The van der Waals surface area contributed by atoms with E-state index in [0.717, 1.165) is 38.2 Å². The third-order valence-electron chi connectivity index (χ3n) is 3.59. The Balaban J connectivity index is 0.00000133. The number of hydrogen-bond donors (Lipinski definition) is 1. The highest BCUT2D eigenvalue weighted by Gasteiger charge is 2.19. The number of rotatable bonds is 1. The molecule has 2 aliphatic heterocycles. The van der Waals surface area contributed by atoms with E-state index in [2.05, 4.69) is 11.4 Å². The maximum Gasteiger partial charge on any atom is 0.253 e. The molecule has 0 spiro atoms. The summed E-state index contributed by atoms with van der Waals surface area (Å²) in [7, 11) is 0. The van der Waals surface area contributed by atoms with Gasteiger partial charge in [0.2, 0.25) is 0 Å². The molecular weight excluding hydrogens is 264 g/mol. The summed E-state index contributed by atoms with van der Waals surface area (Å²) in [5, 5.41) is 3.30. The van der Waals surface area contributed by atoms with Gasteiger partial charge in [-0.15, -0.1) is 12.4 Å².